The van der Waals surface area contributed by atoms with Gasteiger partial charge in [-0.25, -0.2) is 0 Å². The van der Waals surface area contributed by atoms with Gasteiger partial charge in [-0.05, 0) is 73.7 Å². The van der Waals surface area contributed by atoms with Crippen molar-refractivity contribution in [1.82, 2.24) is 14.0 Å². The SMILES string of the molecule is OCCCCCN1Cc2ccc3c(c2)c2ccccc2n3CCCn2c3ccccc3c3ccc(cc32)C1. The lowest BCUT2D eigenvalue weighted by atomic mass is 10.1. The number of rotatable bonds is 5. The van der Waals surface area contributed by atoms with Crippen LogP contribution in [0.25, 0.3) is 43.6 Å². The Morgan fingerprint density at radius 3 is 1.92 bits per heavy atom. The van der Waals surface area contributed by atoms with Crippen molar-refractivity contribution in [3.8, 4) is 0 Å². The summed E-state index contributed by atoms with van der Waals surface area (Å²) in [5.41, 5.74) is 8.08. The molecule has 4 nitrogen and oxygen atoms in total. The lowest BCUT2D eigenvalue weighted by Crippen LogP contribution is -2.24. The lowest BCUT2D eigenvalue weighted by molar-refractivity contribution is 0.240. The van der Waals surface area contributed by atoms with E-state index in [0.717, 1.165) is 58.4 Å². The number of nitrogens with zero attached hydrogens (tertiary/aromatic N) is 3. The number of para-hydroxylation sites is 2. The smallest absolute Gasteiger partial charge is 0.0494 e. The average molecular weight is 502 g/mol. The predicted molar refractivity (Wildman–Crippen MR) is 159 cm³/mol. The third-order valence-electron chi connectivity index (χ3n) is 8.38. The van der Waals surface area contributed by atoms with Crippen molar-refractivity contribution in [3.05, 3.63) is 96.1 Å². The fourth-order valence-corrected chi connectivity index (χ4v) is 6.62. The summed E-state index contributed by atoms with van der Waals surface area (Å²) in [6, 6.07) is 32.0. The fourth-order valence-electron chi connectivity index (χ4n) is 6.62. The van der Waals surface area contributed by atoms with Gasteiger partial charge < -0.3 is 14.2 Å². The summed E-state index contributed by atoms with van der Waals surface area (Å²) in [5.74, 6) is 0. The van der Waals surface area contributed by atoms with Gasteiger partial charge in [-0.2, -0.15) is 0 Å². The zero-order valence-electron chi connectivity index (χ0n) is 21.9. The van der Waals surface area contributed by atoms with Crippen LogP contribution in [0, 0.1) is 0 Å². The molecule has 1 N–H and O–H groups in total. The van der Waals surface area contributed by atoms with Crippen LogP contribution in [-0.2, 0) is 26.2 Å². The highest BCUT2D eigenvalue weighted by molar-refractivity contribution is 6.09. The molecule has 2 aliphatic rings. The Morgan fingerprint density at radius 1 is 0.553 bits per heavy atom. The van der Waals surface area contributed by atoms with Gasteiger partial charge in [0.05, 0.1) is 0 Å². The molecule has 4 heterocycles. The van der Waals surface area contributed by atoms with Crippen molar-refractivity contribution < 1.29 is 5.11 Å². The highest BCUT2D eigenvalue weighted by Crippen LogP contribution is 2.33. The molecule has 0 saturated carbocycles. The van der Waals surface area contributed by atoms with Crippen LogP contribution in [0.1, 0.15) is 36.8 Å². The van der Waals surface area contributed by atoms with E-state index in [1.54, 1.807) is 0 Å². The third kappa shape index (κ3) is 4.09. The summed E-state index contributed by atoms with van der Waals surface area (Å²) >= 11 is 0. The molecule has 6 aromatic rings. The molecule has 0 amide bonds. The zero-order valence-corrected chi connectivity index (χ0v) is 21.9. The Morgan fingerprint density at radius 2 is 1.16 bits per heavy atom. The standard InChI is InChI=1S/C34H35N3O/c38-20-7-1-6-17-35-23-25-14-16-33-30(21-25)28-10-3-5-12-32(28)36(33)18-8-19-37-31-11-4-2-9-27(31)29-15-13-26(24-35)22-34(29)37/h2-5,9-16,21-22,38H,1,6-8,17-20,23-24H2. The van der Waals surface area contributed by atoms with Gasteiger partial charge in [0, 0.05) is 76.4 Å². The molecule has 8 rings (SSSR count). The zero-order chi connectivity index (χ0) is 25.5. The maximum atomic E-state index is 9.29. The highest BCUT2D eigenvalue weighted by Gasteiger charge is 2.16. The summed E-state index contributed by atoms with van der Waals surface area (Å²) in [6.07, 6.45) is 4.12. The van der Waals surface area contributed by atoms with Gasteiger partial charge in [0.1, 0.15) is 0 Å². The summed E-state index contributed by atoms with van der Waals surface area (Å²) < 4.78 is 5.07. The molecule has 2 aromatic heterocycles. The van der Waals surface area contributed by atoms with Gasteiger partial charge in [-0.1, -0.05) is 54.6 Å². The van der Waals surface area contributed by atoms with Crippen molar-refractivity contribution in [2.24, 2.45) is 0 Å². The second-order valence-corrected chi connectivity index (χ2v) is 10.9. The van der Waals surface area contributed by atoms with Gasteiger partial charge in [-0.15, -0.1) is 0 Å². The van der Waals surface area contributed by atoms with E-state index < -0.39 is 0 Å². The van der Waals surface area contributed by atoms with E-state index in [1.165, 1.54) is 54.7 Å². The summed E-state index contributed by atoms with van der Waals surface area (Å²) in [5, 5.41) is 14.7. The molecule has 0 saturated heterocycles. The Labute approximate surface area is 223 Å². The van der Waals surface area contributed by atoms with Crippen LogP contribution in [0.4, 0.5) is 0 Å². The molecule has 0 unspecified atom stereocenters. The van der Waals surface area contributed by atoms with Gasteiger partial charge in [0.25, 0.3) is 0 Å². The largest absolute Gasteiger partial charge is 0.396 e. The molecular formula is C34H35N3O. The van der Waals surface area contributed by atoms with Crippen LogP contribution >= 0.6 is 0 Å². The fraction of sp³-hybridized carbons (Fsp3) is 0.294. The molecule has 6 bridgehead atoms. The van der Waals surface area contributed by atoms with Gasteiger partial charge in [0.15, 0.2) is 0 Å². The first kappa shape index (κ1) is 23.5. The van der Waals surface area contributed by atoms with Crippen molar-refractivity contribution in [3.63, 3.8) is 0 Å². The molecule has 4 heteroatoms. The van der Waals surface area contributed by atoms with Gasteiger partial charge >= 0.3 is 0 Å². The van der Waals surface area contributed by atoms with Crippen molar-refractivity contribution in [1.29, 1.82) is 0 Å². The number of benzene rings is 4. The Kier molecular flexibility index (Phi) is 6.15. The number of aliphatic hydroxyl groups is 1. The predicted octanol–water partition coefficient (Wildman–Crippen LogP) is 7.47. The van der Waals surface area contributed by atoms with Crippen LogP contribution in [0.5, 0.6) is 0 Å². The molecule has 192 valence electrons. The maximum Gasteiger partial charge on any atom is 0.0494 e. The van der Waals surface area contributed by atoms with Crippen LogP contribution in [0.15, 0.2) is 84.9 Å². The number of aliphatic hydroxyl groups excluding tert-OH is 1. The molecule has 0 atom stereocenters. The summed E-state index contributed by atoms with van der Waals surface area (Å²) in [4.78, 5) is 2.59. The monoisotopic (exact) mass is 501 g/mol. The van der Waals surface area contributed by atoms with Crippen LogP contribution < -0.4 is 0 Å². The van der Waals surface area contributed by atoms with Gasteiger partial charge in [0.2, 0.25) is 0 Å². The van der Waals surface area contributed by atoms with E-state index in [1.807, 2.05) is 0 Å². The van der Waals surface area contributed by atoms with E-state index >= 15 is 0 Å². The molecule has 0 spiro atoms. The average Bonchev–Trinajstić information content (AvgIpc) is 3.43. The molecule has 0 aliphatic carbocycles. The van der Waals surface area contributed by atoms with E-state index in [2.05, 4.69) is 99.0 Å². The second-order valence-electron chi connectivity index (χ2n) is 10.9. The normalized spacial score (nSPS) is 14.9. The second kappa shape index (κ2) is 9.94. The molecule has 38 heavy (non-hydrogen) atoms. The Hall–Kier alpha value is -3.60. The third-order valence-corrected chi connectivity index (χ3v) is 8.38. The maximum absolute atomic E-state index is 9.29. The first-order valence-electron chi connectivity index (χ1n) is 14.1. The number of aryl methyl sites for hydroxylation is 2. The number of hydrogen-bond acceptors (Lipinski definition) is 2. The van der Waals surface area contributed by atoms with Crippen molar-refractivity contribution >= 4 is 43.6 Å². The van der Waals surface area contributed by atoms with E-state index in [0.29, 0.717) is 0 Å². The number of hydrogen-bond donors (Lipinski definition) is 1. The van der Waals surface area contributed by atoms with E-state index in [-0.39, 0.29) is 6.61 Å². The quantitative estimate of drug-likeness (QED) is 0.249. The first-order valence-corrected chi connectivity index (χ1v) is 14.1. The summed E-state index contributed by atoms with van der Waals surface area (Å²) in [6.45, 7) is 5.15. The van der Waals surface area contributed by atoms with E-state index in [4.69, 9.17) is 0 Å². The Balaban J connectivity index is 1.37. The van der Waals surface area contributed by atoms with Crippen molar-refractivity contribution in [2.45, 2.75) is 51.9 Å². The number of aromatic nitrogens is 2. The molecule has 0 fully saturated rings. The Bertz CT molecular complexity index is 1760. The van der Waals surface area contributed by atoms with Crippen molar-refractivity contribution in [2.75, 3.05) is 13.2 Å². The summed E-state index contributed by atoms with van der Waals surface area (Å²) in [7, 11) is 0. The minimum atomic E-state index is 0.280. The van der Waals surface area contributed by atoms with E-state index in [9.17, 15) is 5.11 Å². The number of fused-ring (bicyclic) bond motifs is 8. The number of unbranched alkanes of at least 4 members (excludes halogenated alkanes) is 2. The highest BCUT2D eigenvalue weighted by atomic mass is 16.2. The molecular weight excluding hydrogens is 466 g/mol. The minimum absolute atomic E-state index is 0.280. The molecule has 2 aliphatic heterocycles. The lowest BCUT2D eigenvalue weighted by Gasteiger charge is -2.23. The van der Waals surface area contributed by atoms with Crippen LogP contribution in [-0.4, -0.2) is 32.3 Å². The molecule has 4 aromatic carbocycles. The molecule has 0 radical (unpaired) electrons. The van der Waals surface area contributed by atoms with Gasteiger partial charge in [-0.3, -0.25) is 4.90 Å². The first-order chi connectivity index (χ1) is 18.8. The topological polar surface area (TPSA) is 33.3 Å². The van der Waals surface area contributed by atoms with Crippen LogP contribution in [0.2, 0.25) is 0 Å². The van der Waals surface area contributed by atoms with Crippen LogP contribution in [0.3, 0.4) is 0 Å². The minimum Gasteiger partial charge on any atom is -0.396 e.